The van der Waals surface area contributed by atoms with Crippen LogP contribution in [0.2, 0.25) is 0 Å². The number of furan rings is 1. The lowest BCUT2D eigenvalue weighted by Gasteiger charge is -2.20. The zero-order chi connectivity index (χ0) is 14.0. The predicted octanol–water partition coefficient (Wildman–Crippen LogP) is 0.347. The third-order valence-corrected chi connectivity index (χ3v) is 2.69. The van der Waals surface area contributed by atoms with E-state index >= 15 is 0 Å². The van der Waals surface area contributed by atoms with Crippen molar-refractivity contribution in [1.82, 2.24) is 15.6 Å². The fourth-order valence-corrected chi connectivity index (χ4v) is 1.59. The Labute approximate surface area is 112 Å². The minimum absolute atomic E-state index is 0.191. The lowest BCUT2D eigenvalue weighted by molar-refractivity contribution is -0.402. The fourth-order valence-electron chi connectivity index (χ4n) is 1.53. The van der Waals surface area contributed by atoms with Gasteiger partial charge < -0.3 is 9.32 Å². The van der Waals surface area contributed by atoms with Crippen LogP contribution in [0.5, 0.6) is 0 Å². The van der Waals surface area contributed by atoms with Crippen molar-refractivity contribution >= 4 is 29.4 Å². The highest BCUT2D eigenvalue weighted by molar-refractivity contribution is 6.28. The minimum atomic E-state index is -0.629. The van der Waals surface area contributed by atoms with E-state index in [-0.39, 0.29) is 17.7 Å². The van der Waals surface area contributed by atoms with E-state index in [2.05, 4.69) is 15.8 Å². The SMILES string of the molecule is CN1C(NC(=O)CCl)=NN[C@@H]1c1ccc([N+](=O)[O-])o1. The van der Waals surface area contributed by atoms with Gasteiger partial charge in [-0.2, -0.15) is 0 Å². The minimum Gasteiger partial charge on any atom is -0.401 e. The number of nitro groups is 1. The Morgan fingerprint density at radius 2 is 2.47 bits per heavy atom. The van der Waals surface area contributed by atoms with E-state index in [0.717, 1.165) is 0 Å². The van der Waals surface area contributed by atoms with Crippen LogP contribution < -0.4 is 10.7 Å². The normalized spacial score (nSPS) is 17.9. The second kappa shape index (κ2) is 5.14. The van der Waals surface area contributed by atoms with Gasteiger partial charge in [-0.3, -0.25) is 25.7 Å². The molecule has 1 atom stereocenters. The number of amides is 1. The molecule has 2 N–H and O–H groups in total. The fraction of sp³-hybridized carbons (Fsp3) is 0.333. The zero-order valence-corrected chi connectivity index (χ0v) is 10.5. The van der Waals surface area contributed by atoms with E-state index in [1.165, 1.54) is 12.1 Å². The van der Waals surface area contributed by atoms with Gasteiger partial charge in [-0.25, -0.2) is 0 Å². The van der Waals surface area contributed by atoms with E-state index in [0.29, 0.717) is 5.76 Å². The first kappa shape index (κ1) is 13.1. The maximum Gasteiger partial charge on any atom is 0.433 e. The first-order valence-corrected chi connectivity index (χ1v) is 5.72. The van der Waals surface area contributed by atoms with E-state index in [1.807, 2.05) is 0 Å². The molecule has 1 amide bonds. The summed E-state index contributed by atoms with van der Waals surface area (Å²) in [4.78, 5) is 22.6. The highest BCUT2D eigenvalue weighted by Gasteiger charge is 2.30. The van der Waals surface area contributed by atoms with E-state index in [1.54, 1.807) is 11.9 Å². The molecule has 19 heavy (non-hydrogen) atoms. The molecular formula is C9H10ClN5O4. The Bertz CT molecular complexity index is 542. The van der Waals surface area contributed by atoms with Crippen LogP contribution in [-0.2, 0) is 4.79 Å². The number of hydrazone groups is 1. The summed E-state index contributed by atoms with van der Waals surface area (Å²) in [6.07, 6.45) is -0.528. The van der Waals surface area contributed by atoms with Crippen molar-refractivity contribution in [2.24, 2.45) is 5.10 Å². The van der Waals surface area contributed by atoms with Crippen LogP contribution in [0.1, 0.15) is 11.9 Å². The molecule has 0 spiro atoms. The average molecular weight is 288 g/mol. The summed E-state index contributed by atoms with van der Waals surface area (Å²) in [6, 6.07) is 2.72. The summed E-state index contributed by atoms with van der Waals surface area (Å²) in [7, 11) is 1.65. The number of carbonyl (C=O) groups is 1. The molecule has 0 fully saturated rings. The standard InChI is InChI=1S/C9H10ClN5O4/c1-14-8(5-2-3-7(19-5)15(17)18)12-13-9(14)11-6(16)4-10/h2-3,8,12H,4H2,1H3,(H,11,13,16)/t8-/m0/s1. The van der Waals surface area contributed by atoms with Crippen molar-refractivity contribution in [3.05, 3.63) is 28.0 Å². The molecular weight excluding hydrogens is 278 g/mol. The van der Waals surface area contributed by atoms with Crippen molar-refractivity contribution in [3.63, 3.8) is 0 Å². The Morgan fingerprint density at radius 1 is 1.74 bits per heavy atom. The molecule has 0 bridgehead atoms. The van der Waals surface area contributed by atoms with Crippen molar-refractivity contribution in [2.75, 3.05) is 12.9 Å². The van der Waals surface area contributed by atoms with Crippen molar-refractivity contribution in [3.8, 4) is 0 Å². The van der Waals surface area contributed by atoms with Gasteiger partial charge in [-0.05, 0) is 6.07 Å². The third kappa shape index (κ3) is 2.60. The summed E-state index contributed by atoms with van der Waals surface area (Å²) < 4.78 is 5.06. The topological polar surface area (TPSA) is 113 Å². The largest absolute Gasteiger partial charge is 0.433 e. The number of guanidine groups is 1. The van der Waals surface area contributed by atoms with Crippen molar-refractivity contribution in [2.45, 2.75) is 6.17 Å². The summed E-state index contributed by atoms with van der Waals surface area (Å²) in [5.41, 5.74) is 2.69. The Kier molecular flexibility index (Phi) is 3.56. The summed E-state index contributed by atoms with van der Waals surface area (Å²) in [5, 5.41) is 16.9. The van der Waals surface area contributed by atoms with Crippen LogP contribution in [0.3, 0.4) is 0 Å². The number of rotatable bonds is 3. The van der Waals surface area contributed by atoms with Crippen LogP contribution in [0.25, 0.3) is 0 Å². The number of carbonyl (C=O) groups excluding carboxylic acids is 1. The molecule has 1 aliphatic heterocycles. The lowest BCUT2D eigenvalue weighted by atomic mass is 10.3. The number of hydrogen-bond acceptors (Lipinski definition) is 7. The molecule has 0 radical (unpaired) electrons. The average Bonchev–Trinajstić information content (AvgIpc) is 2.97. The lowest BCUT2D eigenvalue weighted by Crippen LogP contribution is -2.41. The third-order valence-electron chi connectivity index (χ3n) is 2.45. The van der Waals surface area contributed by atoms with Gasteiger partial charge >= 0.3 is 5.88 Å². The maximum absolute atomic E-state index is 11.2. The van der Waals surface area contributed by atoms with Crippen LogP contribution in [0.15, 0.2) is 21.7 Å². The number of nitrogens with one attached hydrogen (secondary N) is 2. The maximum atomic E-state index is 11.2. The molecule has 1 aliphatic rings. The molecule has 102 valence electrons. The highest BCUT2D eigenvalue weighted by Crippen LogP contribution is 2.25. The van der Waals surface area contributed by atoms with Crippen LogP contribution in [0.4, 0.5) is 5.88 Å². The van der Waals surface area contributed by atoms with Crippen molar-refractivity contribution < 1.29 is 14.1 Å². The molecule has 0 saturated carbocycles. The van der Waals surface area contributed by atoms with Crippen LogP contribution in [-0.4, -0.2) is 34.6 Å². The molecule has 1 aromatic heterocycles. The van der Waals surface area contributed by atoms with Gasteiger partial charge in [0.1, 0.15) is 10.8 Å². The predicted molar refractivity (Wildman–Crippen MR) is 65.3 cm³/mol. The van der Waals surface area contributed by atoms with E-state index in [4.69, 9.17) is 16.0 Å². The quantitative estimate of drug-likeness (QED) is 0.471. The molecule has 0 saturated heterocycles. The number of hydrogen-bond donors (Lipinski definition) is 2. The summed E-state index contributed by atoms with van der Waals surface area (Å²) in [6.45, 7) is 0. The van der Waals surface area contributed by atoms with Gasteiger partial charge in [0.15, 0.2) is 11.9 Å². The molecule has 0 aliphatic carbocycles. The molecule has 9 nitrogen and oxygen atoms in total. The molecule has 0 aromatic carbocycles. The first-order valence-electron chi connectivity index (χ1n) is 5.19. The molecule has 10 heteroatoms. The van der Waals surface area contributed by atoms with Crippen molar-refractivity contribution in [1.29, 1.82) is 0 Å². The van der Waals surface area contributed by atoms with Crippen LogP contribution >= 0.6 is 11.6 Å². The Balaban J connectivity index is 2.08. The molecule has 1 aromatic rings. The van der Waals surface area contributed by atoms with Gasteiger partial charge in [-0.15, -0.1) is 16.7 Å². The molecule has 2 heterocycles. The molecule has 0 unspecified atom stereocenters. The Morgan fingerprint density at radius 3 is 3.05 bits per heavy atom. The first-order chi connectivity index (χ1) is 9.02. The second-order valence-corrected chi connectivity index (χ2v) is 3.96. The Hall–Kier alpha value is -2.29. The van der Waals surface area contributed by atoms with E-state index < -0.39 is 17.0 Å². The van der Waals surface area contributed by atoms with Gasteiger partial charge in [-0.1, -0.05) is 0 Å². The number of halogens is 1. The van der Waals surface area contributed by atoms with Gasteiger partial charge in [0.05, 0.1) is 6.07 Å². The summed E-state index contributed by atoms with van der Waals surface area (Å²) in [5.74, 6) is -0.379. The zero-order valence-electron chi connectivity index (χ0n) is 9.79. The molecule has 2 rings (SSSR count). The van der Waals surface area contributed by atoms with Gasteiger partial charge in [0.25, 0.3) is 0 Å². The monoisotopic (exact) mass is 287 g/mol. The summed E-state index contributed by atoms with van der Waals surface area (Å²) >= 11 is 5.37. The number of nitrogens with zero attached hydrogens (tertiary/aromatic N) is 3. The van der Waals surface area contributed by atoms with Gasteiger partial charge in [0, 0.05) is 7.05 Å². The highest BCUT2D eigenvalue weighted by atomic mass is 35.5. The van der Waals surface area contributed by atoms with Crippen LogP contribution in [0, 0.1) is 10.1 Å². The van der Waals surface area contributed by atoms with Gasteiger partial charge in [0.2, 0.25) is 11.9 Å². The smallest absolute Gasteiger partial charge is 0.401 e. The number of alkyl halides is 1. The second-order valence-electron chi connectivity index (χ2n) is 3.69. The van der Waals surface area contributed by atoms with E-state index in [9.17, 15) is 14.9 Å².